The minimum Gasteiger partial charge on any atom is -0.379 e. The van der Waals surface area contributed by atoms with Crippen LogP contribution in [-0.4, -0.2) is 54.5 Å². The fraction of sp³-hybridized carbons (Fsp3) is 0.500. The molecule has 38 heavy (non-hydrogen) atoms. The van der Waals surface area contributed by atoms with Crippen LogP contribution in [0.3, 0.4) is 0 Å². The van der Waals surface area contributed by atoms with Crippen LogP contribution in [0.1, 0.15) is 75.9 Å². The van der Waals surface area contributed by atoms with E-state index in [2.05, 4.69) is 43.0 Å². The summed E-state index contributed by atoms with van der Waals surface area (Å²) in [7, 11) is 0. The number of nitrogens with one attached hydrogen (secondary N) is 2. The van der Waals surface area contributed by atoms with E-state index in [4.69, 9.17) is 9.47 Å². The molecule has 1 aromatic heterocycles. The van der Waals surface area contributed by atoms with Crippen LogP contribution in [0.25, 0.3) is 5.70 Å². The largest absolute Gasteiger partial charge is 0.379 e. The number of aliphatic imine (C=N–C) groups is 1. The summed E-state index contributed by atoms with van der Waals surface area (Å²) < 4.78 is 13.2. The second kappa shape index (κ2) is 15.2. The van der Waals surface area contributed by atoms with E-state index >= 15 is 0 Å². The molecular formula is C30H44N4O4. The average molecular weight is 525 g/mol. The molecule has 0 spiro atoms. The van der Waals surface area contributed by atoms with Crippen molar-refractivity contribution in [3.05, 3.63) is 66.0 Å². The third-order valence-corrected chi connectivity index (χ3v) is 5.97. The lowest BCUT2D eigenvalue weighted by atomic mass is 10.1. The molecule has 1 aliphatic rings. The van der Waals surface area contributed by atoms with Crippen molar-refractivity contribution in [2.45, 2.75) is 78.7 Å². The first kappa shape index (κ1) is 31.0. The van der Waals surface area contributed by atoms with Gasteiger partial charge in [0.05, 0.1) is 43.2 Å². The third kappa shape index (κ3) is 9.91. The van der Waals surface area contributed by atoms with Crippen LogP contribution in [0.4, 0.5) is 0 Å². The van der Waals surface area contributed by atoms with Crippen molar-refractivity contribution in [1.29, 1.82) is 0 Å². The first-order valence-corrected chi connectivity index (χ1v) is 13.4. The van der Waals surface area contributed by atoms with E-state index in [1.54, 1.807) is 18.5 Å². The smallest absolute Gasteiger partial charge is 0.253 e. The molecule has 2 atom stereocenters. The number of rotatable bonds is 11. The van der Waals surface area contributed by atoms with E-state index in [0.29, 0.717) is 30.9 Å². The molecule has 2 N–H and O–H groups in total. The number of hydrogen-bond donors (Lipinski definition) is 2. The van der Waals surface area contributed by atoms with E-state index < -0.39 is 0 Å². The summed E-state index contributed by atoms with van der Waals surface area (Å²) in [5, 5.41) is 5.57. The first-order valence-electron chi connectivity index (χ1n) is 13.4. The molecule has 1 saturated heterocycles. The fourth-order valence-electron chi connectivity index (χ4n) is 3.67. The number of aromatic nitrogens is 1. The number of ether oxygens (including phenoxy) is 2. The molecular weight excluding hydrogens is 480 g/mol. The molecule has 2 unspecified atom stereocenters. The first-order chi connectivity index (χ1) is 18.2. The normalized spacial score (nSPS) is 16.0. The highest BCUT2D eigenvalue weighted by Gasteiger charge is 2.17. The van der Waals surface area contributed by atoms with Gasteiger partial charge in [-0.2, -0.15) is 0 Å². The Bertz CT molecular complexity index is 1080. The van der Waals surface area contributed by atoms with Crippen LogP contribution in [0.2, 0.25) is 0 Å². The summed E-state index contributed by atoms with van der Waals surface area (Å²) in [6.45, 7) is 18.0. The van der Waals surface area contributed by atoms with Crippen molar-refractivity contribution in [2.24, 2.45) is 4.99 Å². The number of carbonyl (C=O) groups is 2. The Morgan fingerprint density at radius 1 is 1.26 bits per heavy atom. The molecule has 0 saturated carbocycles. The number of nitrogens with zero attached hydrogens (tertiary/aromatic N) is 2. The highest BCUT2D eigenvalue weighted by Crippen LogP contribution is 2.18. The Kier molecular flexibility index (Phi) is 12.4. The molecule has 8 heteroatoms. The maximum absolute atomic E-state index is 12.4. The molecule has 1 fully saturated rings. The molecule has 2 aromatic rings. The summed E-state index contributed by atoms with van der Waals surface area (Å²) in [5.74, 6) is -0.565. The van der Waals surface area contributed by atoms with Crippen LogP contribution in [-0.2, 0) is 26.4 Å². The molecule has 8 nitrogen and oxygen atoms in total. The lowest BCUT2D eigenvalue weighted by molar-refractivity contribution is -0.120. The molecule has 3 rings (SSSR count). The molecule has 1 aliphatic heterocycles. The van der Waals surface area contributed by atoms with Crippen LogP contribution in [0.5, 0.6) is 0 Å². The van der Waals surface area contributed by atoms with Gasteiger partial charge in [-0.1, -0.05) is 45.5 Å². The zero-order chi connectivity index (χ0) is 28.1. The van der Waals surface area contributed by atoms with Crippen molar-refractivity contribution >= 4 is 23.7 Å². The van der Waals surface area contributed by atoms with Crippen molar-refractivity contribution in [2.75, 3.05) is 19.8 Å². The van der Waals surface area contributed by atoms with Gasteiger partial charge in [0.2, 0.25) is 5.91 Å². The summed E-state index contributed by atoms with van der Waals surface area (Å²) >= 11 is 0. The standard InChI is InChI=1S/C28H38N4O4.C2H6/c1-6-24(31-26(33)16-30-27(34)23-10-12-32(17-23)28(3,4)5)15-29-20(2)22-9-7-8-21(14-22)18-36-25-11-13-35-19-25;1-2/h7-10,12,14-15,17,24-25H,2,6,11,13,16,18-19H2,1,3-5H3,(H,30,34)(H,31,33);1-2H3. The molecule has 208 valence electrons. The lowest BCUT2D eigenvalue weighted by Crippen LogP contribution is -2.42. The van der Waals surface area contributed by atoms with Gasteiger partial charge >= 0.3 is 0 Å². The quantitative estimate of drug-likeness (QED) is 0.407. The van der Waals surface area contributed by atoms with Crippen molar-refractivity contribution in [3.8, 4) is 0 Å². The summed E-state index contributed by atoms with van der Waals surface area (Å²) in [6, 6.07) is 9.40. The lowest BCUT2D eigenvalue weighted by Gasteiger charge is -2.20. The summed E-state index contributed by atoms with van der Waals surface area (Å²) in [5.41, 5.74) is 2.95. The predicted octanol–water partition coefficient (Wildman–Crippen LogP) is 4.94. The minimum absolute atomic E-state index is 0.112. The average Bonchev–Trinajstić information content (AvgIpc) is 3.62. The molecule has 2 amide bonds. The molecule has 1 aromatic carbocycles. The Labute approximate surface area is 227 Å². The fourth-order valence-corrected chi connectivity index (χ4v) is 3.67. The van der Waals surface area contributed by atoms with Gasteiger partial charge in [-0.05, 0) is 56.9 Å². The molecule has 0 aliphatic carbocycles. The van der Waals surface area contributed by atoms with Crippen LogP contribution >= 0.6 is 0 Å². The number of carbonyl (C=O) groups excluding carboxylic acids is 2. The topological polar surface area (TPSA) is 94.0 Å². The highest BCUT2D eigenvalue weighted by molar-refractivity contribution is 5.96. The van der Waals surface area contributed by atoms with E-state index in [1.807, 2.05) is 55.8 Å². The summed E-state index contributed by atoms with van der Waals surface area (Å²) in [4.78, 5) is 29.3. The highest BCUT2D eigenvalue weighted by atomic mass is 16.5. The van der Waals surface area contributed by atoms with Crippen LogP contribution < -0.4 is 10.6 Å². The van der Waals surface area contributed by atoms with Gasteiger partial charge in [0.15, 0.2) is 0 Å². The Balaban J connectivity index is 0.00000247. The zero-order valence-electron chi connectivity index (χ0n) is 23.8. The SMILES string of the molecule is C=C(N=CC(CC)NC(=O)CNC(=O)c1ccn(C(C)(C)C)c1)c1cccc(COC2CCOC2)c1.CC. The molecule has 0 radical (unpaired) electrons. The molecule has 2 heterocycles. The van der Waals surface area contributed by atoms with Crippen LogP contribution in [0.15, 0.2) is 54.3 Å². The van der Waals surface area contributed by atoms with E-state index in [1.165, 1.54) is 0 Å². The minimum atomic E-state index is -0.285. The third-order valence-electron chi connectivity index (χ3n) is 5.97. The van der Waals surface area contributed by atoms with E-state index in [0.717, 1.165) is 24.2 Å². The van der Waals surface area contributed by atoms with E-state index in [9.17, 15) is 9.59 Å². The second-order valence-corrected chi connectivity index (χ2v) is 9.97. The maximum Gasteiger partial charge on any atom is 0.253 e. The van der Waals surface area contributed by atoms with Crippen LogP contribution in [0, 0.1) is 0 Å². The van der Waals surface area contributed by atoms with Gasteiger partial charge < -0.3 is 24.7 Å². The number of benzene rings is 1. The number of amides is 2. The van der Waals surface area contributed by atoms with Crippen molar-refractivity contribution in [1.82, 2.24) is 15.2 Å². The predicted molar refractivity (Wildman–Crippen MR) is 153 cm³/mol. The Morgan fingerprint density at radius 3 is 2.66 bits per heavy atom. The summed E-state index contributed by atoms with van der Waals surface area (Å²) in [6.07, 6.45) is 7.06. The van der Waals surface area contributed by atoms with Gasteiger partial charge in [0, 0.05) is 30.8 Å². The second-order valence-electron chi connectivity index (χ2n) is 9.97. The van der Waals surface area contributed by atoms with E-state index in [-0.39, 0.29) is 36.0 Å². The van der Waals surface area contributed by atoms with Gasteiger partial charge in [-0.25, -0.2) is 0 Å². The monoisotopic (exact) mass is 524 g/mol. The zero-order valence-corrected chi connectivity index (χ0v) is 23.8. The van der Waals surface area contributed by atoms with Crippen molar-refractivity contribution < 1.29 is 19.1 Å². The maximum atomic E-state index is 12.4. The Morgan fingerprint density at radius 2 is 2.03 bits per heavy atom. The van der Waals surface area contributed by atoms with Gasteiger partial charge in [-0.3, -0.25) is 14.6 Å². The van der Waals surface area contributed by atoms with Gasteiger partial charge in [0.25, 0.3) is 5.91 Å². The van der Waals surface area contributed by atoms with Gasteiger partial charge in [-0.15, -0.1) is 0 Å². The van der Waals surface area contributed by atoms with Gasteiger partial charge in [0.1, 0.15) is 0 Å². The molecule has 0 bridgehead atoms. The number of hydrogen-bond acceptors (Lipinski definition) is 5. The Hall–Kier alpha value is -3.23. The van der Waals surface area contributed by atoms with Crippen molar-refractivity contribution in [3.63, 3.8) is 0 Å².